The number of likely N-dealkylation sites (N-methyl/N-ethyl adjacent to an activating group) is 2. The molecular formula is C15H24ClIN4. The molecule has 0 aromatic carbocycles. The minimum atomic E-state index is 0.220. The van der Waals surface area contributed by atoms with E-state index in [2.05, 4.69) is 65.3 Å². The first-order valence-electron chi connectivity index (χ1n) is 7.49. The van der Waals surface area contributed by atoms with Gasteiger partial charge in [0.15, 0.2) is 0 Å². The van der Waals surface area contributed by atoms with E-state index < -0.39 is 0 Å². The molecule has 0 aliphatic carbocycles. The highest BCUT2D eigenvalue weighted by Gasteiger charge is 2.26. The van der Waals surface area contributed by atoms with Crippen LogP contribution >= 0.6 is 34.2 Å². The van der Waals surface area contributed by atoms with Gasteiger partial charge >= 0.3 is 0 Å². The third-order valence-electron chi connectivity index (χ3n) is 3.86. The zero-order valence-electron chi connectivity index (χ0n) is 13.2. The fourth-order valence-electron chi connectivity index (χ4n) is 2.70. The molecule has 1 aliphatic heterocycles. The molecule has 0 bridgehead atoms. The van der Waals surface area contributed by atoms with Crippen molar-refractivity contribution in [2.24, 2.45) is 5.92 Å². The van der Waals surface area contributed by atoms with Crippen LogP contribution in [0.2, 0.25) is 5.15 Å². The predicted molar refractivity (Wildman–Crippen MR) is 95.8 cm³/mol. The van der Waals surface area contributed by atoms with Gasteiger partial charge in [0.1, 0.15) is 11.0 Å². The van der Waals surface area contributed by atoms with Crippen LogP contribution in [0.15, 0.2) is 0 Å². The highest BCUT2D eigenvalue weighted by atomic mass is 127. The Labute approximate surface area is 146 Å². The molecule has 0 spiro atoms. The third-order valence-corrected chi connectivity index (χ3v) is 5.59. The zero-order chi connectivity index (χ0) is 15.6. The van der Waals surface area contributed by atoms with Crippen LogP contribution in [0.5, 0.6) is 0 Å². The fourth-order valence-corrected chi connectivity index (χ4v) is 3.36. The standard InChI is InChI=1S/C15H24ClIN4/c1-10(2)8-11-13(17)14(16)19-15(18-11)12-9-20(3)6-5-7-21(12)4/h10,12H,5-9H2,1-4H3. The Kier molecular flexibility index (Phi) is 6.23. The summed E-state index contributed by atoms with van der Waals surface area (Å²) in [4.78, 5) is 14.1. The van der Waals surface area contributed by atoms with Gasteiger partial charge in [0.25, 0.3) is 0 Å². The smallest absolute Gasteiger partial charge is 0.148 e. The van der Waals surface area contributed by atoms with Crippen LogP contribution < -0.4 is 0 Å². The summed E-state index contributed by atoms with van der Waals surface area (Å²) in [5, 5.41) is 0.594. The molecule has 0 amide bonds. The first-order chi connectivity index (χ1) is 9.88. The van der Waals surface area contributed by atoms with Gasteiger partial charge in [-0.2, -0.15) is 0 Å². The van der Waals surface area contributed by atoms with Crippen molar-refractivity contribution in [1.82, 2.24) is 19.8 Å². The quantitative estimate of drug-likeness (QED) is 0.553. The van der Waals surface area contributed by atoms with Crippen molar-refractivity contribution in [3.05, 3.63) is 20.2 Å². The number of hydrogen-bond donors (Lipinski definition) is 0. The zero-order valence-corrected chi connectivity index (χ0v) is 16.1. The fraction of sp³-hybridized carbons (Fsp3) is 0.733. The number of nitrogens with zero attached hydrogens (tertiary/aromatic N) is 4. The molecule has 1 aliphatic rings. The van der Waals surface area contributed by atoms with Crippen LogP contribution in [0.4, 0.5) is 0 Å². The van der Waals surface area contributed by atoms with Gasteiger partial charge in [-0.05, 0) is 68.5 Å². The molecule has 118 valence electrons. The maximum atomic E-state index is 6.36. The molecule has 6 heteroatoms. The molecule has 0 radical (unpaired) electrons. The molecule has 1 fully saturated rings. The van der Waals surface area contributed by atoms with E-state index >= 15 is 0 Å². The van der Waals surface area contributed by atoms with E-state index in [1.54, 1.807) is 0 Å². The Hall–Kier alpha value is 0.0200. The predicted octanol–water partition coefficient (Wildman–Crippen LogP) is 3.24. The molecule has 1 aromatic rings. The van der Waals surface area contributed by atoms with E-state index in [-0.39, 0.29) is 6.04 Å². The van der Waals surface area contributed by atoms with Gasteiger partial charge in [-0.15, -0.1) is 0 Å². The minimum absolute atomic E-state index is 0.220. The van der Waals surface area contributed by atoms with Crippen LogP contribution in [0.25, 0.3) is 0 Å². The molecule has 1 atom stereocenters. The Balaban J connectivity index is 2.35. The van der Waals surface area contributed by atoms with Gasteiger partial charge in [-0.1, -0.05) is 25.4 Å². The molecule has 1 aromatic heterocycles. The third kappa shape index (κ3) is 4.50. The molecule has 1 unspecified atom stereocenters. The Bertz CT molecular complexity index is 495. The lowest BCUT2D eigenvalue weighted by Gasteiger charge is -2.26. The van der Waals surface area contributed by atoms with E-state index in [1.807, 2.05) is 0 Å². The summed E-state index contributed by atoms with van der Waals surface area (Å²) in [5.74, 6) is 1.43. The molecule has 4 nitrogen and oxygen atoms in total. The van der Waals surface area contributed by atoms with Gasteiger partial charge in [-0.3, -0.25) is 4.90 Å². The molecule has 1 saturated heterocycles. The van der Waals surface area contributed by atoms with Crippen molar-refractivity contribution in [2.75, 3.05) is 33.7 Å². The Morgan fingerprint density at radius 1 is 1.29 bits per heavy atom. The van der Waals surface area contributed by atoms with Gasteiger partial charge < -0.3 is 4.90 Å². The molecule has 2 rings (SSSR count). The average Bonchev–Trinajstić information content (AvgIpc) is 2.56. The number of aromatic nitrogens is 2. The number of hydrogen-bond acceptors (Lipinski definition) is 4. The highest BCUT2D eigenvalue weighted by Crippen LogP contribution is 2.26. The lowest BCUT2D eigenvalue weighted by atomic mass is 10.1. The van der Waals surface area contributed by atoms with E-state index in [1.165, 1.54) is 6.42 Å². The van der Waals surface area contributed by atoms with Crippen molar-refractivity contribution >= 4 is 34.2 Å². The van der Waals surface area contributed by atoms with Crippen molar-refractivity contribution in [1.29, 1.82) is 0 Å². The van der Waals surface area contributed by atoms with Gasteiger partial charge in [0.05, 0.1) is 15.3 Å². The van der Waals surface area contributed by atoms with Gasteiger partial charge in [-0.25, -0.2) is 9.97 Å². The minimum Gasteiger partial charge on any atom is -0.304 e. The molecule has 0 N–H and O–H groups in total. The summed E-state index contributed by atoms with van der Waals surface area (Å²) >= 11 is 8.62. The molecule has 0 saturated carbocycles. The summed E-state index contributed by atoms with van der Waals surface area (Å²) in [5.41, 5.74) is 1.08. The van der Waals surface area contributed by atoms with E-state index in [0.29, 0.717) is 11.1 Å². The summed E-state index contributed by atoms with van der Waals surface area (Å²) < 4.78 is 0.997. The first kappa shape index (κ1) is 17.4. The van der Waals surface area contributed by atoms with Gasteiger partial charge in [0.2, 0.25) is 0 Å². The maximum Gasteiger partial charge on any atom is 0.148 e. The SMILES string of the molecule is CC(C)Cc1nc(C2CN(C)CCCN2C)nc(Cl)c1I. The normalized spacial score (nSPS) is 21.8. The van der Waals surface area contributed by atoms with E-state index in [4.69, 9.17) is 16.6 Å². The number of halogens is 2. The largest absolute Gasteiger partial charge is 0.304 e. The van der Waals surface area contributed by atoms with Crippen LogP contribution in [0.1, 0.15) is 37.8 Å². The lowest BCUT2D eigenvalue weighted by molar-refractivity contribution is 0.219. The molecule has 21 heavy (non-hydrogen) atoms. The lowest BCUT2D eigenvalue weighted by Crippen LogP contribution is -2.32. The molecule has 2 heterocycles. The highest BCUT2D eigenvalue weighted by molar-refractivity contribution is 14.1. The van der Waals surface area contributed by atoms with Gasteiger partial charge in [0, 0.05) is 6.54 Å². The second-order valence-electron chi connectivity index (χ2n) is 6.34. The van der Waals surface area contributed by atoms with Crippen molar-refractivity contribution in [2.45, 2.75) is 32.7 Å². The summed E-state index contributed by atoms with van der Waals surface area (Å²) in [7, 11) is 4.32. The van der Waals surface area contributed by atoms with Crippen molar-refractivity contribution in [3.63, 3.8) is 0 Å². The average molecular weight is 423 g/mol. The summed E-state index contributed by atoms with van der Waals surface area (Å²) in [6.07, 6.45) is 2.13. The number of rotatable bonds is 3. The van der Waals surface area contributed by atoms with Crippen LogP contribution in [-0.4, -0.2) is 53.5 Å². The first-order valence-corrected chi connectivity index (χ1v) is 8.94. The van der Waals surface area contributed by atoms with Crippen molar-refractivity contribution in [3.8, 4) is 0 Å². The Morgan fingerprint density at radius 2 is 2.00 bits per heavy atom. The van der Waals surface area contributed by atoms with Crippen molar-refractivity contribution < 1.29 is 0 Å². The van der Waals surface area contributed by atoms with Crippen LogP contribution in [0, 0.1) is 9.49 Å². The second kappa shape index (κ2) is 7.53. The van der Waals surface area contributed by atoms with Crippen LogP contribution in [0.3, 0.4) is 0 Å². The maximum absolute atomic E-state index is 6.36. The Morgan fingerprint density at radius 3 is 2.67 bits per heavy atom. The topological polar surface area (TPSA) is 32.3 Å². The van der Waals surface area contributed by atoms with Crippen LogP contribution in [-0.2, 0) is 6.42 Å². The summed E-state index contributed by atoms with van der Waals surface area (Å²) in [6, 6.07) is 0.220. The van der Waals surface area contributed by atoms with E-state index in [0.717, 1.165) is 41.1 Å². The van der Waals surface area contributed by atoms with E-state index in [9.17, 15) is 0 Å². The summed E-state index contributed by atoms with van der Waals surface area (Å²) in [6.45, 7) is 7.56. The monoisotopic (exact) mass is 422 g/mol. The second-order valence-corrected chi connectivity index (χ2v) is 7.78. The molecular weight excluding hydrogens is 399 g/mol.